The van der Waals surface area contributed by atoms with E-state index < -0.39 is 0 Å². The van der Waals surface area contributed by atoms with Gasteiger partial charge in [-0.25, -0.2) is 4.98 Å². The van der Waals surface area contributed by atoms with E-state index in [1.54, 1.807) is 0 Å². The molecule has 0 saturated carbocycles. The Morgan fingerprint density at radius 2 is 1.82 bits per heavy atom. The lowest BCUT2D eigenvalue weighted by molar-refractivity contribution is 0.771. The van der Waals surface area contributed by atoms with Gasteiger partial charge in [0.2, 0.25) is 0 Å². The lowest BCUT2D eigenvalue weighted by atomic mass is 10.1. The molecule has 0 unspecified atom stereocenters. The summed E-state index contributed by atoms with van der Waals surface area (Å²) in [5.74, 6) is 2.14. The molecule has 2 nitrogen and oxygen atoms in total. The number of nitrogens with one attached hydrogen (secondary N) is 1. The molecule has 11 heavy (non-hydrogen) atoms. The third kappa shape index (κ3) is 1.82. The molecule has 0 aromatic carbocycles. The fourth-order valence-electron chi connectivity index (χ4n) is 0.938. The van der Waals surface area contributed by atoms with Crippen LogP contribution in [0.25, 0.3) is 0 Å². The van der Waals surface area contributed by atoms with Gasteiger partial charge in [-0.15, -0.1) is 0 Å². The van der Waals surface area contributed by atoms with Crippen LogP contribution in [0, 0.1) is 0 Å². The summed E-state index contributed by atoms with van der Waals surface area (Å²) in [7, 11) is 0. The van der Waals surface area contributed by atoms with Gasteiger partial charge in [-0.2, -0.15) is 0 Å². The average molecular weight is 152 g/mol. The highest BCUT2D eigenvalue weighted by molar-refractivity contribution is 5.07. The zero-order valence-electron chi connectivity index (χ0n) is 7.68. The van der Waals surface area contributed by atoms with Crippen molar-refractivity contribution in [2.24, 2.45) is 0 Å². The van der Waals surface area contributed by atoms with Crippen LogP contribution in [0.2, 0.25) is 0 Å². The fraction of sp³-hybridized carbons (Fsp3) is 0.667. The van der Waals surface area contributed by atoms with Crippen LogP contribution >= 0.6 is 0 Å². The normalized spacial score (nSPS) is 11.5. The molecule has 1 aromatic heterocycles. The Hall–Kier alpha value is -0.790. The van der Waals surface area contributed by atoms with Crippen molar-refractivity contribution in [1.82, 2.24) is 9.97 Å². The monoisotopic (exact) mass is 152 g/mol. The van der Waals surface area contributed by atoms with Crippen LogP contribution in [-0.2, 0) is 0 Å². The highest BCUT2D eigenvalue weighted by Crippen LogP contribution is 2.15. The number of aromatic amines is 1. The van der Waals surface area contributed by atoms with Gasteiger partial charge in [0.05, 0.1) is 0 Å². The maximum absolute atomic E-state index is 4.28. The number of nitrogens with zero attached hydrogens (tertiary/aromatic N) is 1. The SMILES string of the molecule is CC(C)c1cnc(C(C)C)[nH]1. The molecule has 0 bridgehead atoms. The topological polar surface area (TPSA) is 28.7 Å². The summed E-state index contributed by atoms with van der Waals surface area (Å²) in [6, 6.07) is 0. The zero-order valence-corrected chi connectivity index (χ0v) is 7.68. The van der Waals surface area contributed by atoms with E-state index in [0.717, 1.165) is 5.82 Å². The number of aromatic nitrogens is 2. The molecule has 0 amide bonds. The molecule has 62 valence electrons. The van der Waals surface area contributed by atoms with Gasteiger partial charge in [-0.1, -0.05) is 27.7 Å². The molecule has 0 aliphatic heterocycles. The summed E-state index contributed by atoms with van der Waals surface area (Å²) in [5.41, 5.74) is 1.23. The number of hydrogen-bond donors (Lipinski definition) is 1. The first-order chi connectivity index (χ1) is 5.11. The van der Waals surface area contributed by atoms with Crippen molar-refractivity contribution in [3.05, 3.63) is 17.7 Å². The van der Waals surface area contributed by atoms with Gasteiger partial charge in [0.15, 0.2) is 0 Å². The van der Waals surface area contributed by atoms with Gasteiger partial charge in [-0.05, 0) is 5.92 Å². The minimum Gasteiger partial charge on any atom is -0.345 e. The van der Waals surface area contributed by atoms with Crippen LogP contribution in [0.4, 0.5) is 0 Å². The van der Waals surface area contributed by atoms with Gasteiger partial charge >= 0.3 is 0 Å². The number of rotatable bonds is 2. The Kier molecular flexibility index (Phi) is 2.32. The van der Waals surface area contributed by atoms with Crippen molar-refractivity contribution in [3.8, 4) is 0 Å². The fourth-order valence-corrected chi connectivity index (χ4v) is 0.938. The maximum Gasteiger partial charge on any atom is 0.108 e. The highest BCUT2D eigenvalue weighted by atomic mass is 14.9. The minimum atomic E-state index is 0.502. The van der Waals surface area contributed by atoms with E-state index in [0.29, 0.717) is 11.8 Å². The first-order valence-electron chi connectivity index (χ1n) is 4.16. The smallest absolute Gasteiger partial charge is 0.108 e. The molecule has 2 heteroatoms. The quantitative estimate of drug-likeness (QED) is 0.693. The van der Waals surface area contributed by atoms with Crippen LogP contribution in [0.3, 0.4) is 0 Å². The molecule has 1 N–H and O–H groups in total. The van der Waals surface area contributed by atoms with E-state index in [2.05, 4.69) is 37.7 Å². The average Bonchev–Trinajstić information content (AvgIpc) is 2.33. The standard InChI is InChI=1S/C9H16N2/c1-6(2)8-5-10-9(11-8)7(3)4/h5-7H,1-4H3,(H,10,11). The van der Waals surface area contributed by atoms with Crippen molar-refractivity contribution in [1.29, 1.82) is 0 Å². The predicted octanol–water partition coefficient (Wildman–Crippen LogP) is 2.66. The second-order valence-corrected chi connectivity index (χ2v) is 3.53. The van der Waals surface area contributed by atoms with E-state index in [9.17, 15) is 0 Å². The molecule has 0 atom stereocenters. The van der Waals surface area contributed by atoms with Gasteiger partial charge in [0, 0.05) is 17.8 Å². The van der Waals surface area contributed by atoms with E-state index >= 15 is 0 Å². The number of hydrogen-bond acceptors (Lipinski definition) is 1. The Morgan fingerprint density at radius 1 is 1.18 bits per heavy atom. The van der Waals surface area contributed by atoms with E-state index in [4.69, 9.17) is 0 Å². The Balaban J connectivity index is 2.82. The summed E-state index contributed by atoms with van der Waals surface area (Å²) in [5, 5.41) is 0. The molecule has 0 radical (unpaired) electrons. The van der Waals surface area contributed by atoms with Crippen LogP contribution in [0.5, 0.6) is 0 Å². The van der Waals surface area contributed by atoms with Gasteiger partial charge in [0.25, 0.3) is 0 Å². The van der Waals surface area contributed by atoms with Crippen molar-refractivity contribution >= 4 is 0 Å². The molecule has 0 fully saturated rings. The number of imidazole rings is 1. The van der Waals surface area contributed by atoms with E-state index in [1.807, 2.05) is 6.20 Å². The summed E-state index contributed by atoms with van der Waals surface area (Å²) in [6.45, 7) is 8.61. The van der Waals surface area contributed by atoms with Gasteiger partial charge in [0.1, 0.15) is 5.82 Å². The molecular weight excluding hydrogens is 136 g/mol. The summed E-state index contributed by atoms with van der Waals surface area (Å²) in [6.07, 6.45) is 1.93. The molecule has 1 aromatic rings. The Labute approximate surface area is 68.0 Å². The Morgan fingerprint density at radius 3 is 2.09 bits per heavy atom. The first-order valence-corrected chi connectivity index (χ1v) is 4.16. The van der Waals surface area contributed by atoms with Crippen LogP contribution in [0.15, 0.2) is 6.20 Å². The lowest BCUT2D eigenvalue weighted by Crippen LogP contribution is -1.91. The molecule has 0 spiro atoms. The predicted molar refractivity (Wildman–Crippen MR) is 46.8 cm³/mol. The Bertz CT molecular complexity index is 201. The maximum atomic E-state index is 4.28. The molecule has 0 aliphatic carbocycles. The van der Waals surface area contributed by atoms with Crippen molar-refractivity contribution < 1.29 is 0 Å². The molecule has 1 rings (SSSR count). The number of H-pyrrole nitrogens is 1. The summed E-state index contributed by atoms with van der Waals surface area (Å²) >= 11 is 0. The zero-order chi connectivity index (χ0) is 8.43. The van der Waals surface area contributed by atoms with Gasteiger partial charge in [-0.3, -0.25) is 0 Å². The second-order valence-electron chi connectivity index (χ2n) is 3.53. The van der Waals surface area contributed by atoms with Crippen molar-refractivity contribution in [2.45, 2.75) is 39.5 Å². The highest BCUT2D eigenvalue weighted by Gasteiger charge is 2.05. The largest absolute Gasteiger partial charge is 0.345 e. The molecule has 0 aliphatic rings. The second kappa shape index (κ2) is 3.07. The van der Waals surface area contributed by atoms with E-state index in [-0.39, 0.29) is 0 Å². The van der Waals surface area contributed by atoms with Crippen LogP contribution in [-0.4, -0.2) is 9.97 Å². The van der Waals surface area contributed by atoms with Gasteiger partial charge < -0.3 is 4.98 Å². The van der Waals surface area contributed by atoms with Crippen LogP contribution < -0.4 is 0 Å². The molecule has 0 saturated heterocycles. The summed E-state index contributed by atoms with van der Waals surface area (Å²) in [4.78, 5) is 7.58. The minimum absolute atomic E-state index is 0.502. The van der Waals surface area contributed by atoms with E-state index in [1.165, 1.54) is 5.69 Å². The molecule has 1 heterocycles. The van der Waals surface area contributed by atoms with Crippen LogP contribution in [0.1, 0.15) is 51.0 Å². The molecular formula is C9H16N2. The van der Waals surface area contributed by atoms with Crippen molar-refractivity contribution in [3.63, 3.8) is 0 Å². The third-order valence-corrected chi connectivity index (χ3v) is 1.78. The lowest BCUT2D eigenvalue weighted by Gasteiger charge is -2.00. The van der Waals surface area contributed by atoms with Crippen molar-refractivity contribution in [2.75, 3.05) is 0 Å². The first kappa shape index (κ1) is 8.31. The third-order valence-electron chi connectivity index (χ3n) is 1.78. The summed E-state index contributed by atoms with van der Waals surface area (Å²) < 4.78 is 0.